The molecule has 1 aromatic carbocycles. The van der Waals surface area contributed by atoms with Gasteiger partial charge in [0.15, 0.2) is 20.4 Å². The number of carbonyl (C=O) groups is 1. The normalized spacial score (nSPS) is 16.5. The molecule has 26 heavy (non-hydrogen) atoms. The standard InChI is InChI=1S/C16H21N5O3S.ClH/c1-11-18-14(21-20-11)12-3-5-13(6-4-12)19-15(22)16(25(2,23)24)7-9-17-10-8-16;/h3-6,17H,7-10H2,1-2H3,(H,19,22)(H,18,20,21);1H. The van der Waals surface area contributed by atoms with E-state index >= 15 is 0 Å². The molecule has 8 nitrogen and oxygen atoms in total. The van der Waals surface area contributed by atoms with Crippen LogP contribution < -0.4 is 10.6 Å². The fraction of sp³-hybridized carbons (Fsp3) is 0.438. The Bertz CT molecular complexity index is 874. The summed E-state index contributed by atoms with van der Waals surface area (Å²) in [7, 11) is -3.53. The van der Waals surface area contributed by atoms with Crippen molar-refractivity contribution >= 4 is 33.8 Å². The van der Waals surface area contributed by atoms with Gasteiger partial charge >= 0.3 is 0 Å². The summed E-state index contributed by atoms with van der Waals surface area (Å²) in [6, 6.07) is 7.01. The van der Waals surface area contributed by atoms with E-state index in [4.69, 9.17) is 0 Å². The molecule has 0 bridgehead atoms. The number of carbonyl (C=O) groups excluding carboxylic acids is 1. The third-order valence-electron chi connectivity index (χ3n) is 4.53. The van der Waals surface area contributed by atoms with Gasteiger partial charge in [0.25, 0.3) is 0 Å². The molecule has 1 amide bonds. The van der Waals surface area contributed by atoms with Gasteiger partial charge in [-0.15, -0.1) is 12.4 Å². The molecule has 1 aliphatic rings. The second-order valence-corrected chi connectivity index (χ2v) is 8.62. The number of hydrogen-bond acceptors (Lipinski definition) is 6. The fourth-order valence-corrected chi connectivity index (χ4v) is 4.35. The fourth-order valence-electron chi connectivity index (χ4n) is 3.02. The third kappa shape index (κ3) is 3.89. The molecule has 0 atom stereocenters. The van der Waals surface area contributed by atoms with Gasteiger partial charge in [0.05, 0.1) is 0 Å². The van der Waals surface area contributed by atoms with Crippen LogP contribution in [0.4, 0.5) is 5.69 Å². The van der Waals surface area contributed by atoms with Gasteiger partial charge < -0.3 is 10.6 Å². The van der Waals surface area contributed by atoms with Crippen molar-refractivity contribution in [3.8, 4) is 11.4 Å². The number of rotatable bonds is 4. The quantitative estimate of drug-likeness (QED) is 0.713. The molecule has 0 aliphatic carbocycles. The van der Waals surface area contributed by atoms with Crippen molar-refractivity contribution in [1.82, 2.24) is 20.5 Å². The lowest BCUT2D eigenvalue weighted by atomic mass is 9.95. The van der Waals surface area contributed by atoms with Crippen molar-refractivity contribution in [3.63, 3.8) is 0 Å². The van der Waals surface area contributed by atoms with Crippen LogP contribution in [0.25, 0.3) is 11.4 Å². The van der Waals surface area contributed by atoms with Gasteiger partial charge in [-0.2, -0.15) is 5.10 Å². The Morgan fingerprint density at radius 1 is 1.19 bits per heavy atom. The maximum atomic E-state index is 12.7. The number of H-pyrrole nitrogens is 1. The lowest BCUT2D eigenvalue weighted by molar-refractivity contribution is -0.119. The molecule has 1 fully saturated rings. The number of amides is 1. The molecule has 1 aromatic heterocycles. The molecule has 2 aromatic rings. The highest BCUT2D eigenvalue weighted by Gasteiger charge is 2.48. The minimum Gasteiger partial charge on any atom is -0.325 e. The number of benzene rings is 1. The van der Waals surface area contributed by atoms with Crippen molar-refractivity contribution in [2.75, 3.05) is 24.7 Å². The number of aryl methyl sites for hydroxylation is 1. The predicted octanol–water partition coefficient (Wildman–Crippen LogP) is 1.31. The zero-order chi connectivity index (χ0) is 18.1. The maximum Gasteiger partial charge on any atom is 0.245 e. The largest absolute Gasteiger partial charge is 0.325 e. The van der Waals surface area contributed by atoms with Crippen LogP contribution >= 0.6 is 12.4 Å². The second-order valence-electron chi connectivity index (χ2n) is 6.29. The summed E-state index contributed by atoms with van der Waals surface area (Å²) in [5, 5.41) is 12.7. The highest BCUT2D eigenvalue weighted by molar-refractivity contribution is 7.92. The first-order valence-electron chi connectivity index (χ1n) is 8.03. The molecule has 0 saturated carbocycles. The first kappa shape index (κ1) is 20.3. The lowest BCUT2D eigenvalue weighted by Gasteiger charge is -2.34. The summed E-state index contributed by atoms with van der Waals surface area (Å²) >= 11 is 0. The van der Waals surface area contributed by atoms with Crippen molar-refractivity contribution in [3.05, 3.63) is 30.1 Å². The molecular formula is C16H22ClN5O3S. The summed E-state index contributed by atoms with van der Waals surface area (Å²) in [5.74, 6) is 0.813. The highest BCUT2D eigenvalue weighted by Crippen LogP contribution is 2.29. The number of anilines is 1. The van der Waals surface area contributed by atoms with Gasteiger partial charge in [-0.05, 0) is 57.1 Å². The Hall–Kier alpha value is -1.97. The molecule has 3 N–H and O–H groups in total. The summed E-state index contributed by atoms with van der Waals surface area (Å²) in [6.07, 6.45) is 1.67. The van der Waals surface area contributed by atoms with Gasteiger partial charge in [-0.25, -0.2) is 13.4 Å². The van der Waals surface area contributed by atoms with Crippen LogP contribution in [0.1, 0.15) is 18.7 Å². The van der Waals surface area contributed by atoms with Crippen LogP contribution in [-0.2, 0) is 14.6 Å². The number of aromatic nitrogens is 3. The van der Waals surface area contributed by atoms with Crippen molar-refractivity contribution in [1.29, 1.82) is 0 Å². The van der Waals surface area contributed by atoms with Crippen molar-refractivity contribution in [2.24, 2.45) is 0 Å². The molecular weight excluding hydrogens is 378 g/mol. The molecule has 2 heterocycles. The van der Waals surface area contributed by atoms with Crippen LogP contribution in [0.5, 0.6) is 0 Å². The van der Waals surface area contributed by atoms with Gasteiger partial charge in [0.1, 0.15) is 5.82 Å². The average Bonchev–Trinajstić information content (AvgIpc) is 3.01. The Kier molecular flexibility index (Phi) is 6.05. The predicted molar refractivity (Wildman–Crippen MR) is 102 cm³/mol. The van der Waals surface area contributed by atoms with Crippen molar-refractivity contribution < 1.29 is 13.2 Å². The van der Waals surface area contributed by atoms with E-state index in [1.165, 1.54) is 0 Å². The number of halogens is 1. The number of nitrogens with zero attached hydrogens (tertiary/aromatic N) is 2. The number of nitrogens with one attached hydrogen (secondary N) is 3. The second kappa shape index (κ2) is 7.73. The zero-order valence-electron chi connectivity index (χ0n) is 14.6. The van der Waals surface area contributed by atoms with Gasteiger partial charge in [0, 0.05) is 17.5 Å². The summed E-state index contributed by atoms with van der Waals surface area (Å²) in [5.41, 5.74) is 1.35. The maximum absolute atomic E-state index is 12.7. The smallest absolute Gasteiger partial charge is 0.245 e. The van der Waals surface area contributed by atoms with Crippen molar-refractivity contribution in [2.45, 2.75) is 24.5 Å². The van der Waals surface area contributed by atoms with Crippen LogP contribution in [0.15, 0.2) is 24.3 Å². The molecule has 0 spiro atoms. The minimum absolute atomic E-state index is 0. The molecule has 1 aliphatic heterocycles. The third-order valence-corrected chi connectivity index (χ3v) is 6.55. The summed E-state index contributed by atoms with van der Waals surface area (Å²) in [6.45, 7) is 2.82. The van der Waals surface area contributed by atoms with E-state index in [9.17, 15) is 13.2 Å². The number of sulfone groups is 1. The van der Waals surface area contributed by atoms with Crippen LogP contribution in [0.2, 0.25) is 0 Å². The Balaban J connectivity index is 0.00000243. The number of aromatic amines is 1. The van der Waals surface area contributed by atoms with E-state index < -0.39 is 20.5 Å². The highest BCUT2D eigenvalue weighted by atomic mass is 35.5. The Labute approximate surface area is 158 Å². The average molecular weight is 400 g/mol. The first-order valence-corrected chi connectivity index (χ1v) is 9.92. The van der Waals surface area contributed by atoms with E-state index in [-0.39, 0.29) is 25.2 Å². The monoisotopic (exact) mass is 399 g/mol. The van der Waals surface area contributed by atoms with Crippen LogP contribution in [0, 0.1) is 6.92 Å². The van der Waals surface area contributed by atoms with E-state index in [2.05, 4.69) is 25.8 Å². The minimum atomic E-state index is -3.53. The molecule has 0 unspecified atom stereocenters. The Morgan fingerprint density at radius 2 is 1.81 bits per heavy atom. The number of hydrogen-bond donors (Lipinski definition) is 3. The summed E-state index contributed by atoms with van der Waals surface area (Å²) < 4.78 is 23.2. The first-order chi connectivity index (χ1) is 11.8. The van der Waals surface area contributed by atoms with Crippen LogP contribution in [0.3, 0.4) is 0 Å². The van der Waals surface area contributed by atoms with E-state index in [0.29, 0.717) is 30.4 Å². The Morgan fingerprint density at radius 3 is 2.31 bits per heavy atom. The van der Waals surface area contributed by atoms with Crippen LogP contribution in [-0.4, -0.2) is 53.6 Å². The molecule has 142 valence electrons. The molecule has 3 rings (SSSR count). The molecule has 10 heteroatoms. The van der Waals surface area contributed by atoms with E-state index in [1.54, 1.807) is 24.3 Å². The topological polar surface area (TPSA) is 117 Å². The summed E-state index contributed by atoms with van der Waals surface area (Å²) in [4.78, 5) is 17.0. The number of piperidine rings is 1. The van der Waals surface area contributed by atoms with E-state index in [0.717, 1.165) is 11.8 Å². The van der Waals surface area contributed by atoms with E-state index in [1.807, 2.05) is 6.92 Å². The lowest BCUT2D eigenvalue weighted by Crippen LogP contribution is -2.55. The molecule has 1 saturated heterocycles. The van der Waals surface area contributed by atoms with Gasteiger partial charge in [-0.3, -0.25) is 9.89 Å². The van der Waals surface area contributed by atoms with Gasteiger partial charge in [-0.1, -0.05) is 0 Å². The SMILES string of the molecule is Cc1nc(-c2ccc(NC(=O)C3(S(C)(=O)=O)CCNCC3)cc2)n[nH]1.Cl. The zero-order valence-corrected chi connectivity index (χ0v) is 16.2. The van der Waals surface area contributed by atoms with Gasteiger partial charge in [0.2, 0.25) is 5.91 Å². The molecule has 0 radical (unpaired) electrons.